The number of amides is 1. The lowest BCUT2D eigenvalue weighted by atomic mass is 10.0. The van der Waals surface area contributed by atoms with Crippen molar-refractivity contribution in [2.45, 2.75) is 18.3 Å². The fourth-order valence-electron chi connectivity index (χ4n) is 1.86. The summed E-state index contributed by atoms with van der Waals surface area (Å²) in [6.45, 7) is 1.79. The third-order valence-electron chi connectivity index (χ3n) is 2.60. The molecule has 2 atom stereocenters. The van der Waals surface area contributed by atoms with Gasteiger partial charge in [0.05, 0.1) is 11.7 Å². The van der Waals surface area contributed by atoms with Crippen molar-refractivity contribution < 1.29 is 14.7 Å². The minimum atomic E-state index is -1.32. The molecule has 1 amide bonds. The molecule has 0 aromatic carbocycles. The zero-order chi connectivity index (χ0) is 11.9. The molecule has 0 aromatic rings. The van der Waals surface area contributed by atoms with Gasteiger partial charge < -0.3 is 15.6 Å². The highest BCUT2D eigenvalue weighted by atomic mass is 32.2. The van der Waals surface area contributed by atoms with Gasteiger partial charge in [-0.25, -0.2) is 0 Å². The molecule has 6 heteroatoms. The summed E-state index contributed by atoms with van der Waals surface area (Å²) >= 11 is 1.47. The first-order valence-corrected chi connectivity index (χ1v) is 5.90. The largest absolute Gasteiger partial charge is 0.543 e. The van der Waals surface area contributed by atoms with Gasteiger partial charge in [0.25, 0.3) is 0 Å². The number of nitrogens with two attached hydrogens (primary N) is 1. The quantitative estimate of drug-likeness (QED) is 0.612. The third kappa shape index (κ3) is 1.45. The number of hydrogen-bond donors (Lipinski definition) is 1. The van der Waals surface area contributed by atoms with Crippen LogP contribution < -0.4 is 10.8 Å². The predicted molar refractivity (Wildman–Crippen MR) is 57.9 cm³/mol. The molecular formula is C10H11N2O3S-. The molecule has 2 N–H and O–H groups in total. The second-order valence-electron chi connectivity index (χ2n) is 3.60. The molecule has 0 saturated carbocycles. The lowest BCUT2D eigenvalue weighted by Crippen LogP contribution is -2.69. The van der Waals surface area contributed by atoms with E-state index in [0.717, 1.165) is 0 Å². The van der Waals surface area contributed by atoms with E-state index in [2.05, 4.69) is 0 Å². The normalized spacial score (nSPS) is 29.4. The van der Waals surface area contributed by atoms with E-state index >= 15 is 0 Å². The molecule has 0 aliphatic carbocycles. The number of rotatable bonds is 2. The Morgan fingerprint density at radius 3 is 2.94 bits per heavy atom. The Kier molecular flexibility index (Phi) is 2.77. The highest BCUT2D eigenvalue weighted by Gasteiger charge is 2.49. The number of thioether (sulfide) groups is 1. The van der Waals surface area contributed by atoms with E-state index in [1.807, 2.05) is 0 Å². The van der Waals surface area contributed by atoms with Crippen LogP contribution >= 0.6 is 11.8 Å². The molecule has 1 fully saturated rings. The number of carbonyl (C=O) groups is 2. The monoisotopic (exact) mass is 239 g/mol. The fraction of sp³-hybridized carbons (Fsp3) is 0.400. The van der Waals surface area contributed by atoms with Crippen LogP contribution in [0, 0.1) is 0 Å². The van der Waals surface area contributed by atoms with Crippen molar-refractivity contribution in [2.24, 2.45) is 5.73 Å². The Morgan fingerprint density at radius 2 is 2.38 bits per heavy atom. The van der Waals surface area contributed by atoms with E-state index in [1.165, 1.54) is 16.7 Å². The maximum atomic E-state index is 11.5. The topological polar surface area (TPSA) is 86.5 Å². The number of hydrogen-bond acceptors (Lipinski definition) is 5. The van der Waals surface area contributed by atoms with Crippen molar-refractivity contribution in [1.82, 2.24) is 4.90 Å². The van der Waals surface area contributed by atoms with Crippen molar-refractivity contribution in [3.05, 3.63) is 23.4 Å². The van der Waals surface area contributed by atoms with Gasteiger partial charge in [-0.3, -0.25) is 9.69 Å². The SMILES string of the molecule is C/C=C\C1=C(C(=O)[O-])N2C(=O)[C@@H](N)C2SC1. The number of allylic oxidation sites excluding steroid dienone is 2. The molecule has 5 nitrogen and oxygen atoms in total. The fourth-order valence-corrected chi connectivity index (χ4v) is 3.12. The standard InChI is InChI=1S/C10H12N2O3S/c1-2-3-5-4-16-9-6(11)8(13)12(9)7(5)10(14)15/h2-3,6,9H,4,11H2,1H3,(H,14,15)/p-1/b3-2-/t6-,9?/m1/s1. The smallest absolute Gasteiger partial charge is 0.248 e. The van der Waals surface area contributed by atoms with Crippen LogP contribution in [0.25, 0.3) is 0 Å². The van der Waals surface area contributed by atoms with Gasteiger partial charge in [0.15, 0.2) is 0 Å². The molecule has 2 aliphatic rings. The summed E-state index contributed by atoms with van der Waals surface area (Å²) in [5.41, 5.74) is 6.16. The Bertz CT molecular complexity index is 416. The lowest BCUT2D eigenvalue weighted by Gasteiger charge is -2.49. The number of β-lactam (4-membered cyclic amide) rings is 1. The number of carboxylic acids is 1. The van der Waals surface area contributed by atoms with Gasteiger partial charge >= 0.3 is 0 Å². The van der Waals surface area contributed by atoms with E-state index in [9.17, 15) is 14.7 Å². The maximum Gasteiger partial charge on any atom is 0.248 e. The van der Waals surface area contributed by atoms with E-state index in [1.54, 1.807) is 19.1 Å². The van der Waals surface area contributed by atoms with Crippen LogP contribution in [0.15, 0.2) is 23.4 Å². The highest BCUT2D eigenvalue weighted by molar-refractivity contribution is 8.00. The van der Waals surface area contributed by atoms with Crippen molar-refractivity contribution in [3.8, 4) is 0 Å². The van der Waals surface area contributed by atoms with Crippen LogP contribution in [0.3, 0.4) is 0 Å². The first-order chi connectivity index (χ1) is 7.57. The summed E-state index contributed by atoms with van der Waals surface area (Å²) in [6, 6.07) is -0.591. The molecule has 0 radical (unpaired) electrons. The molecule has 1 unspecified atom stereocenters. The van der Waals surface area contributed by atoms with Gasteiger partial charge in [0.2, 0.25) is 5.91 Å². The zero-order valence-corrected chi connectivity index (χ0v) is 9.49. The van der Waals surface area contributed by atoms with Crippen molar-refractivity contribution in [3.63, 3.8) is 0 Å². The second-order valence-corrected chi connectivity index (χ2v) is 4.70. The molecule has 0 spiro atoms. The number of aliphatic carboxylic acids is 1. The van der Waals surface area contributed by atoms with Gasteiger partial charge in [-0.15, -0.1) is 11.8 Å². The average Bonchev–Trinajstić information content (AvgIpc) is 2.27. The number of fused-ring (bicyclic) bond motifs is 1. The van der Waals surface area contributed by atoms with E-state index < -0.39 is 12.0 Å². The van der Waals surface area contributed by atoms with Gasteiger partial charge in [0, 0.05) is 5.75 Å². The zero-order valence-electron chi connectivity index (χ0n) is 8.67. The maximum absolute atomic E-state index is 11.5. The average molecular weight is 239 g/mol. The molecule has 2 aliphatic heterocycles. The van der Waals surface area contributed by atoms with Gasteiger partial charge in [0.1, 0.15) is 11.4 Å². The van der Waals surface area contributed by atoms with E-state index in [4.69, 9.17) is 5.73 Å². The van der Waals surface area contributed by atoms with Crippen LogP contribution in [-0.4, -0.2) is 33.9 Å². The van der Waals surface area contributed by atoms with Crippen molar-refractivity contribution in [2.75, 3.05) is 5.75 Å². The lowest BCUT2D eigenvalue weighted by molar-refractivity contribution is -0.301. The highest BCUT2D eigenvalue weighted by Crippen LogP contribution is 2.39. The van der Waals surface area contributed by atoms with E-state index in [0.29, 0.717) is 11.3 Å². The molecule has 0 aromatic heterocycles. The molecule has 1 saturated heterocycles. The third-order valence-corrected chi connectivity index (χ3v) is 3.92. The molecule has 2 heterocycles. The second kappa shape index (κ2) is 3.95. The molecule has 16 heavy (non-hydrogen) atoms. The van der Waals surface area contributed by atoms with Crippen molar-refractivity contribution >= 4 is 23.6 Å². The minimum Gasteiger partial charge on any atom is -0.543 e. The summed E-state index contributed by atoms with van der Waals surface area (Å²) in [4.78, 5) is 23.8. The summed E-state index contributed by atoms with van der Waals surface area (Å²) in [5, 5.41) is 10.8. The van der Waals surface area contributed by atoms with Crippen LogP contribution in [0.1, 0.15) is 6.92 Å². The number of carboxylic acid groups (broad SMARTS) is 1. The number of nitrogens with zero attached hydrogens (tertiary/aromatic N) is 1. The molecular weight excluding hydrogens is 228 g/mol. The van der Waals surface area contributed by atoms with Crippen LogP contribution in [0.4, 0.5) is 0 Å². The minimum absolute atomic E-state index is 0.0337. The van der Waals surface area contributed by atoms with Gasteiger partial charge in [-0.2, -0.15) is 0 Å². The summed E-state index contributed by atoms with van der Waals surface area (Å²) in [7, 11) is 0. The molecule has 2 rings (SSSR count). The molecule has 0 bridgehead atoms. The Labute approximate surface area is 97.0 Å². The van der Waals surface area contributed by atoms with Crippen molar-refractivity contribution in [1.29, 1.82) is 0 Å². The predicted octanol–water partition coefficient (Wildman–Crippen LogP) is -1.19. The van der Waals surface area contributed by atoms with Crippen LogP contribution in [0.5, 0.6) is 0 Å². The summed E-state index contributed by atoms with van der Waals surface area (Å²) < 4.78 is 0. The van der Waals surface area contributed by atoms with Crippen LogP contribution in [-0.2, 0) is 9.59 Å². The first-order valence-electron chi connectivity index (χ1n) is 4.85. The van der Waals surface area contributed by atoms with Gasteiger partial charge in [-0.05, 0) is 12.5 Å². The Morgan fingerprint density at radius 1 is 1.69 bits per heavy atom. The van der Waals surface area contributed by atoms with Gasteiger partial charge in [-0.1, -0.05) is 12.2 Å². The van der Waals surface area contributed by atoms with E-state index in [-0.39, 0.29) is 17.0 Å². The molecule has 86 valence electrons. The first kappa shape index (κ1) is 11.2. The summed E-state index contributed by atoms with van der Waals surface area (Å²) in [6.07, 6.45) is 3.43. The van der Waals surface area contributed by atoms with Crippen LogP contribution in [0.2, 0.25) is 0 Å². The Hall–Kier alpha value is -1.27. The Balaban J connectivity index is 2.41. The number of carbonyl (C=O) groups excluding carboxylic acids is 2. The summed E-state index contributed by atoms with van der Waals surface area (Å²) in [5.74, 6) is -1.13.